The van der Waals surface area contributed by atoms with Gasteiger partial charge in [0.1, 0.15) is 0 Å². The molecule has 0 saturated heterocycles. The number of ether oxygens (including phenoxy) is 2. The molecule has 0 aliphatic heterocycles. The van der Waals surface area contributed by atoms with Crippen LogP contribution in [0.3, 0.4) is 0 Å². The Labute approximate surface area is 128 Å². The highest BCUT2D eigenvalue weighted by molar-refractivity contribution is 5.42. The first kappa shape index (κ1) is 17.8. The van der Waals surface area contributed by atoms with Gasteiger partial charge in [-0.2, -0.15) is 0 Å². The lowest BCUT2D eigenvalue weighted by Crippen LogP contribution is -2.23. The van der Waals surface area contributed by atoms with Gasteiger partial charge in [-0.05, 0) is 49.9 Å². The van der Waals surface area contributed by atoms with Crippen molar-refractivity contribution in [2.45, 2.75) is 39.7 Å². The van der Waals surface area contributed by atoms with E-state index in [4.69, 9.17) is 14.6 Å². The smallest absolute Gasteiger partial charge is 0.161 e. The molecule has 1 atom stereocenters. The van der Waals surface area contributed by atoms with Crippen LogP contribution in [0, 0.1) is 5.92 Å². The summed E-state index contributed by atoms with van der Waals surface area (Å²) in [6.07, 6.45) is 3.18. The molecule has 0 aliphatic rings. The Hall–Kier alpha value is -1.26. The Kier molecular flexibility index (Phi) is 8.87. The minimum atomic E-state index is 0.267. The summed E-state index contributed by atoms with van der Waals surface area (Å²) >= 11 is 0. The fourth-order valence-corrected chi connectivity index (χ4v) is 2.46. The number of aliphatic hydroxyl groups excluding tert-OH is 1. The molecule has 0 fully saturated rings. The predicted octanol–water partition coefficient (Wildman–Crippen LogP) is 2.98. The molecule has 1 unspecified atom stereocenters. The SMILES string of the molecule is CCCC(CCO)CNCc1ccc(OC)c(OCC)c1. The molecule has 0 aliphatic carbocycles. The van der Waals surface area contributed by atoms with E-state index in [1.807, 2.05) is 19.1 Å². The first-order valence-electron chi connectivity index (χ1n) is 7.86. The number of benzene rings is 1. The van der Waals surface area contributed by atoms with Crippen LogP contribution in [0.15, 0.2) is 18.2 Å². The minimum absolute atomic E-state index is 0.267. The predicted molar refractivity (Wildman–Crippen MR) is 86.0 cm³/mol. The second-order valence-corrected chi connectivity index (χ2v) is 5.22. The summed E-state index contributed by atoms with van der Waals surface area (Å²) in [5.41, 5.74) is 1.18. The maximum Gasteiger partial charge on any atom is 0.161 e. The quantitative estimate of drug-likeness (QED) is 0.659. The van der Waals surface area contributed by atoms with Crippen LogP contribution < -0.4 is 14.8 Å². The van der Waals surface area contributed by atoms with Gasteiger partial charge in [-0.3, -0.25) is 0 Å². The Morgan fingerprint density at radius 1 is 1.19 bits per heavy atom. The number of hydrogen-bond donors (Lipinski definition) is 2. The summed E-state index contributed by atoms with van der Waals surface area (Å²) in [4.78, 5) is 0. The van der Waals surface area contributed by atoms with E-state index in [2.05, 4.69) is 18.3 Å². The van der Waals surface area contributed by atoms with Crippen molar-refractivity contribution in [1.29, 1.82) is 0 Å². The molecular weight excluding hydrogens is 266 g/mol. The van der Waals surface area contributed by atoms with Gasteiger partial charge in [0.2, 0.25) is 0 Å². The molecule has 1 aromatic carbocycles. The van der Waals surface area contributed by atoms with E-state index in [-0.39, 0.29) is 6.61 Å². The summed E-state index contributed by atoms with van der Waals surface area (Å²) in [6, 6.07) is 6.02. The third-order valence-corrected chi connectivity index (χ3v) is 3.52. The molecule has 2 N–H and O–H groups in total. The zero-order chi connectivity index (χ0) is 15.5. The van der Waals surface area contributed by atoms with Crippen molar-refractivity contribution in [3.8, 4) is 11.5 Å². The molecule has 120 valence electrons. The van der Waals surface area contributed by atoms with E-state index < -0.39 is 0 Å². The molecule has 0 spiro atoms. The van der Waals surface area contributed by atoms with Crippen LogP contribution in [-0.4, -0.2) is 32.0 Å². The molecule has 0 aromatic heterocycles. The zero-order valence-corrected chi connectivity index (χ0v) is 13.5. The molecule has 4 nitrogen and oxygen atoms in total. The average Bonchev–Trinajstić information content (AvgIpc) is 2.48. The van der Waals surface area contributed by atoms with Crippen LogP contribution >= 0.6 is 0 Å². The van der Waals surface area contributed by atoms with Gasteiger partial charge in [0.25, 0.3) is 0 Å². The van der Waals surface area contributed by atoms with Gasteiger partial charge in [0, 0.05) is 13.2 Å². The number of methoxy groups -OCH3 is 1. The summed E-state index contributed by atoms with van der Waals surface area (Å²) in [6.45, 7) is 6.78. The van der Waals surface area contributed by atoms with E-state index in [0.717, 1.165) is 43.9 Å². The first-order valence-corrected chi connectivity index (χ1v) is 7.86. The van der Waals surface area contributed by atoms with Gasteiger partial charge < -0.3 is 19.9 Å². The monoisotopic (exact) mass is 295 g/mol. The fourth-order valence-electron chi connectivity index (χ4n) is 2.46. The second-order valence-electron chi connectivity index (χ2n) is 5.22. The second kappa shape index (κ2) is 10.5. The van der Waals surface area contributed by atoms with Gasteiger partial charge in [0.05, 0.1) is 13.7 Å². The summed E-state index contributed by atoms with van der Waals surface area (Å²) < 4.78 is 10.9. The van der Waals surface area contributed by atoms with Crippen LogP contribution in [-0.2, 0) is 6.54 Å². The molecule has 21 heavy (non-hydrogen) atoms. The molecule has 1 aromatic rings. The number of rotatable bonds is 11. The highest BCUT2D eigenvalue weighted by Crippen LogP contribution is 2.28. The van der Waals surface area contributed by atoms with Crippen LogP contribution in [0.4, 0.5) is 0 Å². The van der Waals surface area contributed by atoms with Gasteiger partial charge in [-0.15, -0.1) is 0 Å². The van der Waals surface area contributed by atoms with E-state index >= 15 is 0 Å². The van der Waals surface area contributed by atoms with E-state index in [9.17, 15) is 0 Å². The first-order chi connectivity index (χ1) is 10.2. The lowest BCUT2D eigenvalue weighted by molar-refractivity contribution is 0.248. The van der Waals surface area contributed by atoms with Crippen molar-refractivity contribution in [2.24, 2.45) is 5.92 Å². The Bertz CT molecular complexity index is 390. The van der Waals surface area contributed by atoms with E-state index in [1.165, 1.54) is 5.56 Å². The molecular formula is C17H29NO3. The van der Waals surface area contributed by atoms with Gasteiger partial charge in [-0.1, -0.05) is 19.4 Å². The van der Waals surface area contributed by atoms with Crippen LogP contribution in [0.1, 0.15) is 38.7 Å². The van der Waals surface area contributed by atoms with Crippen LogP contribution in [0.25, 0.3) is 0 Å². The molecule has 1 rings (SSSR count). The van der Waals surface area contributed by atoms with Gasteiger partial charge in [-0.25, -0.2) is 0 Å². The molecule has 0 radical (unpaired) electrons. The number of hydrogen-bond acceptors (Lipinski definition) is 4. The lowest BCUT2D eigenvalue weighted by Gasteiger charge is -2.16. The average molecular weight is 295 g/mol. The van der Waals surface area contributed by atoms with E-state index in [0.29, 0.717) is 12.5 Å². The van der Waals surface area contributed by atoms with Crippen molar-refractivity contribution in [1.82, 2.24) is 5.32 Å². The standard InChI is InChI=1S/C17H29NO3/c1-4-6-14(9-10-19)12-18-13-15-7-8-16(20-3)17(11-15)21-5-2/h7-8,11,14,18-19H,4-6,9-10,12-13H2,1-3H3. The van der Waals surface area contributed by atoms with E-state index in [1.54, 1.807) is 7.11 Å². The van der Waals surface area contributed by atoms with Crippen molar-refractivity contribution in [3.63, 3.8) is 0 Å². The zero-order valence-electron chi connectivity index (χ0n) is 13.5. The van der Waals surface area contributed by atoms with Crippen molar-refractivity contribution in [2.75, 3.05) is 26.9 Å². The highest BCUT2D eigenvalue weighted by Gasteiger charge is 2.08. The highest BCUT2D eigenvalue weighted by atomic mass is 16.5. The third kappa shape index (κ3) is 6.36. The van der Waals surface area contributed by atoms with Gasteiger partial charge in [0.15, 0.2) is 11.5 Å². The largest absolute Gasteiger partial charge is 0.493 e. The molecule has 0 heterocycles. The Balaban J connectivity index is 2.52. The molecule has 4 heteroatoms. The third-order valence-electron chi connectivity index (χ3n) is 3.52. The van der Waals surface area contributed by atoms with Crippen molar-refractivity contribution < 1.29 is 14.6 Å². The van der Waals surface area contributed by atoms with Gasteiger partial charge >= 0.3 is 0 Å². The molecule has 0 saturated carbocycles. The minimum Gasteiger partial charge on any atom is -0.493 e. The summed E-state index contributed by atoms with van der Waals surface area (Å²) in [5, 5.41) is 12.5. The number of nitrogens with one attached hydrogen (secondary N) is 1. The fraction of sp³-hybridized carbons (Fsp3) is 0.647. The normalized spacial score (nSPS) is 12.2. The maximum absolute atomic E-state index is 9.07. The lowest BCUT2D eigenvalue weighted by atomic mass is 10.0. The topological polar surface area (TPSA) is 50.7 Å². The van der Waals surface area contributed by atoms with Crippen LogP contribution in [0.5, 0.6) is 11.5 Å². The summed E-state index contributed by atoms with van der Waals surface area (Å²) in [7, 11) is 1.65. The van der Waals surface area contributed by atoms with Crippen molar-refractivity contribution in [3.05, 3.63) is 23.8 Å². The Morgan fingerprint density at radius 3 is 2.62 bits per heavy atom. The molecule has 0 amide bonds. The van der Waals surface area contributed by atoms with Crippen molar-refractivity contribution >= 4 is 0 Å². The number of aliphatic hydroxyl groups is 1. The Morgan fingerprint density at radius 2 is 2.00 bits per heavy atom. The van der Waals surface area contributed by atoms with Crippen LogP contribution in [0.2, 0.25) is 0 Å². The maximum atomic E-state index is 9.07. The summed E-state index contributed by atoms with van der Waals surface area (Å²) in [5.74, 6) is 2.11. The molecule has 0 bridgehead atoms.